The molecule has 1 aromatic carbocycles. The van der Waals surface area contributed by atoms with Gasteiger partial charge in [0.1, 0.15) is 5.75 Å². The Bertz CT molecular complexity index is 590. The number of ether oxygens (including phenoxy) is 1. The van der Waals surface area contributed by atoms with Gasteiger partial charge in [-0.2, -0.15) is 12.7 Å². The highest BCUT2D eigenvalue weighted by atomic mass is 79.9. The van der Waals surface area contributed by atoms with Gasteiger partial charge in [0.05, 0.1) is 23.7 Å². The van der Waals surface area contributed by atoms with Crippen molar-refractivity contribution in [3.05, 3.63) is 22.7 Å². The Labute approximate surface area is 125 Å². The second kappa shape index (κ2) is 6.91. The van der Waals surface area contributed by atoms with Crippen LogP contribution in [0.25, 0.3) is 0 Å². The van der Waals surface area contributed by atoms with Crippen LogP contribution in [-0.4, -0.2) is 44.5 Å². The van der Waals surface area contributed by atoms with Crippen molar-refractivity contribution in [1.29, 1.82) is 0 Å². The van der Waals surface area contributed by atoms with Gasteiger partial charge in [-0.25, -0.2) is 0 Å². The van der Waals surface area contributed by atoms with E-state index in [0.717, 1.165) is 4.31 Å². The summed E-state index contributed by atoms with van der Waals surface area (Å²) in [5.41, 5.74) is 0.347. The topological polar surface area (TPSA) is 95.9 Å². The number of carbonyl (C=O) groups is 1. The number of carboxylic acids is 1. The Balaban J connectivity index is 2.80. The van der Waals surface area contributed by atoms with Crippen LogP contribution in [0.3, 0.4) is 0 Å². The fourth-order valence-electron chi connectivity index (χ4n) is 1.33. The lowest BCUT2D eigenvalue weighted by Crippen LogP contribution is -2.34. The van der Waals surface area contributed by atoms with Crippen molar-refractivity contribution in [3.63, 3.8) is 0 Å². The highest BCUT2D eigenvalue weighted by Gasteiger charge is 2.18. The van der Waals surface area contributed by atoms with Crippen molar-refractivity contribution in [2.45, 2.75) is 6.42 Å². The molecule has 9 heteroatoms. The summed E-state index contributed by atoms with van der Waals surface area (Å²) in [7, 11) is -0.974. The molecule has 20 heavy (non-hydrogen) atoms. The van der Waals surface area contributed by atoms with Crippen LogP contribution in [0.2, 0.25) is 0 Å². The molecule has 0 aliphatic carbocycles. The molecule has 0 fully saturated rings. The summed E-state index contributed by atoms with van der Waals surface area (Å²) < 4.78 is 32.9. The molecule has 112 valence electrons. The van der Waals surface area contributed by atoms with Gasteiger partial charge in [-0.1, -0.05) is 0 Å². The maximum absolute atomic E-state index is 12.0. The quantitative estimate of drug-likeness (QED) is 0.762. The fraction of sp³-hybridized carbons (Fsp3) is 0.364. The van der Waals surface area contributed by atoms with E-state index in [9.17, 15) is 13.2 Å². The van der Waals surface area contributed by atoms with E-state index in [1.54, 1.807) is 18.2 Å². The molecule has 0 unspecified atom stereocenters. The lowest BCUT2D eigenvalue weighted by molar-refractivity contribution is -0.137. The summed E-state index contributed by atoms with van der Waals surface area (Å²) in [6, 6.07) is 4.72. The lowest BCUT2D eigenvalue weighted by atomic mass is 10.3. The fourth-order valence-corrected chi connectivity index (χ4v) is 2.78. The average Bonchev–Trinajstić information content (AvgIpc) is 2.35. The SMILES string of the molecule is COc1ccc(NS(=O)(=O)N(C)CCC(=O)O)cc1Br. The Morgan fingerprint density at radius 1 is 1.50 bits per heavy atom. The number of halogens is 1. The first kappa shape index (κ1) is 16.7. The molecule has 2 N–H and O–H groups in total. The van der Waals surface area contributed by atoms with Crippen LogP contribution >= 0.6 is 15.9 Å². The molecular formula is C11H15BrN2O5S. The summed E-state index contributed by atoms with van der Waals surface area (Å²) in [6.45, 7) is -0.109. The number of rotatable bonds is 7. The minimum Gasteiger partial charge on any atom is -0.496 e. The smallest absolute Gasteiger partial charge is 0.304 e. The van der Waals surface area contributed by atoms with Crippen molar-refractivity contribution >= 4 is 37.8 Å². The molecule has 0 amide bonds. The van der Waals surface area contributed by atoms with Gasteiger partial charge in [-0.3, -0.25) is 9.52 Å². The van der Waals surface area contributed by atoms with Crippen LogP contribution in [0.4, 0.5) is 5.69 Å². The number of carboxylic acid groups (broad SMARTS) is 1. The van der Waals surface area contributed by atoms with Crippen LogP contribution in [-0.2, 0) is 15.0 Å². The van der Waals surface area contributed by atoms with E-state index < -0.39 is 16.2 Å². The summed E-state index contributed by atoms with van der Waals surface area (Å²) in [6.07, 6.45) is -0.260. The van der Waals surface area contributed by atoms with Crippen molar-refractivity contribution in [2.24, 2.45) is 0 Å². The van der Waals surface area contributed by atoms with E-state index in [1.165, 1.54) is 14.2 Å². The van der Waals surface area contributed by atoms with Crippen LogP contribution < -0.4 is 9.46 Å². The van der Waals surface area contributed by atoms with Crippen LogP contribution in [0.15, 0.2) is 22.7 Å². The zero-order valence-electron chi connectivity index (χ0n) is 11.0. The summed E-state index contributed by atoms with van der Waals surface area (Å²) in [4.78, 5) is 10.4. The second-order valence-electron chi connectivity index (χ2n) is 3.92. The summed E-state index contributed by atoms with van der Waals surface area (Å²) >= 11 is 3.25. The van der Waals surface area contributed by atoms with Crippen molar-refractivity contribution in [2.75, 3.05) is 25.4 Å². The largest absolute Gasteiger partial charge is 0.496 e. The zero-order chi connectivity index (χ0) is 15.3. The van der Waals surface area contributed by atoms with Gasteiger partial charge in [-0.15, -0.1) is 0 Å². The average molecular weight is 367 g/mol. The van der Waals surface area contributed by atoms with Crippen molar-refractivity contribution in [1.82, 2.24) is 4.31 Å². The molecule has 0 bridgehead atoms. The molecule has 0 radical (unpaired) electrons. The van der Waals surface area contributed by atoms with Crippen LogP contribution in [0, 0.1) is 0 Å². The molecule has 0 aliphatic rings. The first-order valence-electron chi connectivity index (χ1n) is 5.55. The number of methoxy groups -OCH3 is 1. The molecule has 0 aliphatic heterocycles. The molecule has 0 saturated heterocycles. The molecular weight excluding hydrogens is 352 g/mol. The van der Waals surface area contributed by atoms with Gasteiger partial charge in [0.2, 0.25) is 0 Å². The molecule has 1 rings (SSSR count). The van der Waals surface area contributed by atoms with Gasteiger partial charge in [0.25, 0.3) is 0 Å². The van der Waals surface area contributed by atoms with E-state index in [-0.39, 0.29) is 13.0 Å². The molecule has 0 spiro atoms. The predicted molar refractivity (Wildman–Crippen MR) is 78.1 cm³/mol. The molecule has 7 nitrogen and oxygen atoms in total. The molecule has 0 saturated carbocycles. The predicted octanol–water partition coefficient (Wildman–Crippen LogP) is 1.52. The maximum atomic E-state index is 12.0. The number of nitrogens with one attached hydrogen (secondary N) is 1. The third-order valence-electron chi connectivity index (χ3n) is 2.45. The maximum Gasteiger partial charge on any atom is 0.304 e. The minimum atomic E-state index is -3.79. The van der Waals surface area contributed by atoms with Crippen LogP contribution in [0.1, 0.15) is 6.42 Å². The third-order valence-corrected chi connectivity index (χ3v) is 4.57. The first-order valence-corrected chi connectivity index (χ1v) is 7.79. The van der Waals surface area contributed by atoms with Gasteiger partial charge in [0, 0.05) is 13.6 Å². The number of hydrogen-bond donors (Lipinski definition) is 2. The molecule has 1 aromatic rings. The van der Waals surface area contributed by atoms with Gasteiger partial charge >= 0.3 is 16.2 Å². The Hall–Kier alpha value is -1.32. The van der Waals surface area contributed by atoms with Gasteiger partial charge in [-0.05, 0) is 34.1 Å². The Kier molecular flexibility index (Phi) is 5.78. The van der Waals surface area contributed by atoms with Crippen molar-refractivity contribution in [3.8, 4) is 5.75 Å². The number of nitrogens with zero attached hydrogens (tertiary/aromatic N) is 1. The van der Waals surface area contributed by atoms with Gasteiger partial charge in [0.15, 0.2) is 0 Å². The summed E-state index contributed by atoms with van der Waals surface area (Å²) in [5, 5.41) is 8.55. The number of anilines is 1. The van der Waals surface area contributed by atoms with E-state index in [0.29, 0.717) is 15.9 Å². The minimum absolute atomic E-state index is 0.109. The second-order valence-corrected chi connectivity index (χ2v) is 6.55. The highest BCUT2D eigenvalue weighted by molar-refractivity contribution is 9.10. The van der Waals surface area contributed by atoms with E-state index >= 15 is 0 Å². The third kappa shape index (κ3) is 4.66. The van der Waals surface area contributed by atoms with Crippen LogP contribution in [0.5, 0.6) is 5.75 Å². The summed E-state index contributed by atoms with van der Waals surface area (Å²) in [5.74, 6) is -0.480. The van der Waals surface area contributed by atoms with E-state index in [4.69, 9.17) is 9.84 Å². The lowest BCUT2D eigenvalue weighted by Gasteiger charge is -2.17. The normalized spacial score (nSPS) is 11.4. The monoisotopic (exact) mass is 366 g/mol. The number of benzene rings is 1. The first-order chi connectivity index (χ1) is 9.26. The Morgan fingerprint density at radius 2 is 2.15 bits per heavy atom. The molecule has 0 heterocycles. The number of aliphatic carboxylic acids is 1. The standard InChI is InChI=1S/C11H15BrN2O5S/c1-14(6-5-11(15)16)20(17,18)13-8-3-4-10(19-2)9(12)7-8/h3-4,7,13H,5-6H2,1-2H3,(H,15,16). The van der Waals surface area contributed by atoms with E-state index in [2.05, 4.69) is 20.7 Å². The van der Waals surface area contributed by atoms with Gasteiger partial charge < -0.3 is 9.84 Å². The zero-order valence-corrected chi connectivity index (χ0v) is 13.4. The molecule has 0 atom stereocenters. The van der Waals surface area contributed by atoms with E-state index in [1.807, 2.05) is 0 Å². The Morgan fingerprint density at radius 3 is 2.65 bits per heavy atom. The molecule has 0 aromatic heterocycles. The van der Waals surface area contributed by atoms with Crippen molar-refractivity contribution < 1.29 is 23.1 Å². The highest BCUT2D eigenvalue weighted by Crippen LogP contribution is 2.28. The number of hydrogen-bond acceptors (Lipinski definition) is 4.